The van der Waals surface area contributed by atoms with E-state index >= 15 is 0 Å². The van der Waals surface area contributed by atoms with E-state index in [2.05, 4.69) is 0 Å². The van der Waals surface area contributed by atoms with Gasteiger partial charge in [-0.25, -0.2) is 0 Å². The van der Waals surface area contributed by atoms with E-state index in [1.54, 1.807) is 0 Å². The van der Waals surface area contributed by atoms with Crippen molar-refractivity contribution in [2.45, 2.75) is 44.4 Å². The van der Waals surface area contributed by atoms with E-state index in [1.807, 2.05) is 30.3 Å². The molecule has 1 aromatic carbocycles. The van der Waals surface area contributed by atoms with Gasteiger partial charge in [0.05, 0.1) is 5.92 Å². The van der Waals surface area contributed by atoms with Gasteiger partial charge in [-0.05, 0) is 24.3 Å². The summed E-state index contributed by atoms with van der Waals surface area (Å²) < 4.78 is 0. The zero-order chi connectivity index (χ0) is 12.1. The maximum atomic E-state index is 11.7. The molecule has 1 aliphatic carbocycles. The van der Waals surface area contributed by atoms with Crippen molar-refractivity contribution in [2.24, 2.45) is 11.7 Å². The molecule has 1 unspecified atom stereocenters. The minimum atomic E-state index is -0.164. The molecule has 1 amide bonds. The number of hydrogen-bond donors (Lipinski definition) is 1. The summed E-state index contributed by atoms with van der Waals surface area (Å²) in [5.74, 6) is 0.190. The molecule has 0 saturated heterocycles. The van der Waals surface area contributed by atoms with E-state index in [9.17, 15) is 4.79 Å². The van der Waals surface area contributed by atoms with Gasteiger partial charge in [0.1, 0.15) is 0 Å². The van der Waals surface area contributed by atoms with E-state index in [4.69, 9.17) is 5.73 Å². The number of hydrogen-bond acceptors (Lipinski definition) is 1. The van der Waals surface area contributed by atoms with Gasteiger partial charge in [0.25, 0.3) is 0 Å². The molecule has 2 rings (SSSR count). The Morgan fingerprint density at radius 2 is 1.65 bits per heavy atom. The van der Waals surface area contributed by atoms with Crippen molar-refractivity contribution in [1.29, 1.82) is 0 Å². The van der Waals surface area contributed by atoms with E-state index in [0.717, 1.165) is 18.4 Å². The van der Waals surface area contributed by atoms with Crippen molar-refractivity contribution in [3.63, 3.8) is 0 Å². The van der Waals surface area contributed by atoms with Crippen LogP contribution in [0.4, 0.5) is 0 Å². The second-order valence-electron chi connectivity index (χ2n) is 5.04. The number of benzene rings is 1. The van der Waals surface area contributed by atoms with Crippen LogP contribution < -0.4 is 5.73 Å². The van der Waals surface area contributed by atoms with Crippen LogP contribution in [0.5, 0.6) is 0 Å². The molecule has 2 heteroatoms. The van der Waals surface area contributed by atoms with Crippen LogP contribution in [-0.2, 0) is 4.79 Å². The largest absolute Gasteiger partial charge is 0.369 e. The maximum absolute atomic E-state index is 11.7. The van der Waals surface area contributed by atoms with Crippen molar-refractivity contribution < 1.29 is 4.79 Å². The van der Waals surface area contributed by atoms with Crippen molar-refractivity contribution in [3.05, 3.63) is 35.9 Å². The topological polar surface area (TPSA) is 43.1 Å². The zero-order valence-electron chi connectivity index (χ0n) is 10.3. The minimum absolute atomic E-state index is 0.0886. The molecule has 1 aliphatic rings. The fourth-order valence-corrected chi connectivity index (χ4v) is 2.97. The van der Waals surface area contributed by atoms with Crippen LogP contribution in [0.1, 0.15) is 50.0 Å². The molecule has 92 valence electrons. The van der Waals surface area contributed by atoms with Gasteiger partial charge < -0.3 is 5.73 Å². The molecule has 0 heterocycles. The predicted molar refractivity (Wildman–Crippen MR) is 69.6 cm³/mol. The molecule has 0 aromatic heterocycles. The molecule has 2 nitrogen and oxygen atoms in total. The summed E-state index contributed by atoms with van der Waals surface area (Å²) >= 11 is 0. The second kappa shape index (κ2) is 5.85. The van der Waals surface area contributed by atoms with E-state index in [0.29, 0.717) is 5.92 Å². The Hall–Kier alpha value is -1.31. The van der Waals surface area contributed by atoms with Gasteiger partial charge in [0, 0.05) is 0 Å². The fourth-order valence-electron chi connectivity index (χ4n) is 2.97. The lowest BCUT2D eigenvalue weighted by atomic mass is 9.81. The number of primary amides is 1. The Balaban J connectivity index is 2.19. The molecule has 17 heavy (non-hydrogen) atoms. The first-order valence-electron chi connectivity index (χ1n) is 6.63. The minimum Gasteiger partial charge on any atom is -0.369 e. The van der Waals surface area contributed by atoms with Crippen molar-refractivity contribution in [3.8, 4) is 0 Å². The quantitative estimate of drug-likeness (QED) is 0.797. The van der Waals surface area contributed by atoms with Crippen LogP contribution in [0.3, 0.4) is 0 Å². The van der Waals surface area contributed by atoms with E-state index in [1.165, 1.54) is 25.7 Å². The summed E-state index contributed by atoms with van der Waals surface area (Å²) in [5.41, 5.74) is 6.70. The van der Waals surface area contributed by atoms with Gasteiger partial charge in [0.15, 0.2) is 0 Å². The van der Waals surface area contributed by atoms with Gasteiger partial charge >= 0.3 is 0 Å². The average Bonchev–Trinajstić information content (AvgIpc) is 2.59. The van der Waals surface area contributed by atoms with Gasteiger partial charge in [-0.2, -0.15) is 0 Å². The third-order valence-corrected chi connectivity index (χ3v) is 3.84. The molecule has 0 bridgehead atoms. The third kappa shape index (κ3) is 3.09. The maximum Gasteiger partial charge on any atom is 0.225 e. The first kappa shape index (κ1) is 12.2. The number of nitrogens with two attached hydrogens (primary N) is 1. The zero-order valence-corrected chi connectivity index (χ0v) is 10.3. The highest BCUT2D eigenvalue weighted by molar-refractivity contribution is 5.82. The van der Waals surface area contributed by atoms with Gasteiger partial charge in [-0.1, -0.05) is 56.0 Å². The average molecular weight is 231 g/mol. The summed E-state index contributed by atoms with van der Waals surface area (Å²) in [6.45, 7) is 0. The number of rotatable bonds is 3. The molecule has 1 fully saturated rings. The van der Waals surface area contributed by atoms with Crippen LogP contribution in [0.15, 0.2) is 30.3 Å². The molecule has 0 radical (unpaired) electrons. The SMILES string of the molecule is NC(=O)C(c1ccccc1)C1CCCCCC1. The van der Waals surface area contributed by atoms with Gasteiger partial charge in [0.2, 0.25) is 5.91 Å². The highest BCUT2D eigenvalue weighted by atomic mass is 16.1. The Morgan fingerprint density at radius 3 is 2.18 bits per heavy atom. The Labute approximate surface area is 103 Å². The first-order chi connectivity index (χ1) is 8.29. The predicted octanol–water partition coefficient (Wildman–Crippen LogP) is 3.23. The van der Waals surface area contributed by atoms with Crippen molar-refractivity contribution >= 4 is 5.91 Å². The van der Waals surface area contributed by atoms with Crippen LogP contribution in [-0.4, -0.2) is 5.91 Å². The monoisotopic (exact) mass is 231 g/mol. The van der Waals surface area contributed by atoms with E-state index < -0.39 is 0 Å². The summed E-state index contributed by atoms with van der Waals surface area (Å²) in [6, 6.07) is 10.0. The standard InChI is InChI=1S/C15H21NO/c16-15(17)14(13-10-6-3-7-11-13)12-8-4-1-2-5-9-12/h3,6-7,10-12,14H,1-2,4-5,8-9H2,(H2,16,17). The lowest BCUT2D eigenvalue weighted by molar-refractivity contribution is -0.120. The first-order valence-corrected chi connectivity index (χ1v) is 6.63. The lowest BCUT2D eigenvalue weighted by Gasteiger charge is -2.23. The Morgan fingerprint density at radius 1 is 1.06 bits per heavy atom. The van der Waals surface area contributed by atoms with E-state index in [-0.39, 0.29) is 11.8 Å². The third-order valence-electron chi connectivity index (χ3n) is 3.84. The number of carbonyl (C=O) groups is 1. The lowest BCUT2D eigenvalue weighted by Crippen LogP contribution is -2.28. The van der Waals surface area contributed by atoms with Gasteiger partial charge in [-0.15, -0.1) is 0 Å². The molecule has 1 saturated carbocycles. The van der Waals surface area contributed by atoms with Crippen LogP contribution in [0.25, 0.3) is 0 Å². The fraction of sp³-hybridized carbons (Fsp3) is 0.533. The normalized spacial score (nSPS) is 19.5. The molecule has 0 aliphatic heterocycles. The summed E-state index contributed by atoms with van der Waals surface area (Å²) in [6.07, 6.45) is 7.36. The van der Waals surface area contributed by atoms with Crippen molar-refractivity contribution in [2.75, 3.05) is 0 Å². The summed E-state index contributed by atoms with van der Waals surface area (Å²) in [7, 11) is 0. The molecular weight excluding hydrogens is 210 g/mol. The Bertz CT molecular complexity index is 352. The highest BCUT2D eigenvalue weighted by Gasteiger charge is 2.28. The summed E-state index contributed by atoms with van der Waals surface area (Å²) in [4.78, 5) is 11.7. The molecule has 2 N–H and O–H groups in total. The van der Waals surface area contributed by atoms with Crippen LogP contribution in [0, 0.1) is 5.92 Å². The number of amides is 1. The second-order valence-corrected chi connectivity index (χ2v) is 5.04. The number of carbonyl (C=O) groups excluding carboxylic acids is 1. The van der Waals surface area contributed by atoms with Gasteiger partial charge in [-0.3, -0.25) is 4.79 Å². The molecular formula is C15H21NO. The summed E-state index contributed by atoms with van der Waals surface area (Å²) in [5, 5.41) is 0. The Kier molecular flexibility index (Phi) is 4.18. The molecule has 1 aromatic rings. The van der Waals surface area contributed by atoms with Crippen LogP contribution >= 0.6 is 0 Å². The highest BCUT2D eigenvalue weighted by Crippen LogP contribution is 2.34. The van der Waals surface area contributed by atoms with Crippen LogP contribution in [0.2, 0.25) is 0 Å². The molecule has 1 atom stereocenters. The smallest absolute Gasteiger partial charge is 0.225 e. The molecule has 0 spiro atoms. The van der Waals surface area contributed by atoms with Crippen molar-refractivity contribution in [1.82, 2.24) is 0 Å².